The maximum Gasteiger partial charge on any atom is 0.418 e. The van der Waals surface area contributed by atoms with Gasteiger partial charge in [-0.2, -0.15) is 13.2 Å². The monoisotopic (exact) mass is 524 g/mol. The minimum atomic E-state index is -4.83. The number of hydrogen-bond donors (Lipinski definition) is 2. The van der Waals surface area contributed by atoms with E-state index in [1.807, 2.05) is 29.6 Å². The molecule has 0 radical (unpaired) electrons. The molecule has 4 aromatic rings. The van der Waals surface area contributed by atoms with E-state index in [0.29, 0.717) is 30.4 Å². The van der Waals surface area contributed by atoms with Crippen molar-refractivity contribution in [3.63, 3.8) is 0 Å². The van der Waals surface area contributed by atoms with Crippen molar-refractivity contribution in [1.82, 2.24) is 9.88 Å². The first-order valence-electron chi connectivity index (χ1n) is 12.0. The number of ether oxygens (including phenoxy) is 1. The lowest BCUT2D eigenvalue weighted by Crippen LogP contribution is -2.35. The summed E-state index contributed by atoms with van der Waals surface area (Å²) >= 11 is 0. The zero-order valence-electron chi connectivity index (χ0n) is 20.2. The topological polar surface area (TPSA) is 66.5 Å². The van der Waals surface area contributed by atoms with Gasteiger partial charge in [0.1, 0.15) is 5.82 Å². The minimum Gasteiger partial charge on any atom is -0.379 e. The Balaban J connectivity index is 1.38. The first kappa shape index (κ1) is 25.6. The third-order valence-electron chi connectivity index (χ3n) is 6.35. The number of nitrogens with zero attached hydrogens (tertiary/aromatic N) is 2. The predicted octanol–water partition coefficient (Wildman–Crippen LogP) is 6.54. The van der Waals surface area contributed by atoms with E-state index in [9.17, 15) is 22.4 Å². The van der Waals surface area contributed by atoms with Crippen molar-refractivity contribution in [2.45, 2.75) is 12.7 Å². The summed E-state index contributed by atoms with van der Waals surface area (Å²) in [6.07, 6.45) is -3.03. The van der Waals surface area contributed by atoms with Crippen molar-refractivity contribution in [1.29, 1.82) is 0 Å². The van der Waals surface area contributed by atoms with Crippen molar-refractivity contribution < 1.29 is 27.1 Å². The molecular weight excluding hydrogens is 500 g/mol. The Morgan fingerprint density at radius 1 is 0.921 bits per heavy atom. The quantitative estimate of drug-likeness (QED) is 0.291. The van der Waals surface area contributed by atoms with Crippen molar-refractivity contribution in [2.24, 2.45) is 0 Å². The van der Waals surface area contributed by atoms with Crippen LogP contribution in [0, 0.1) is 5.82 Å². The molecule has 1 fully saturated rings. The van der Waals surface area contributed by atoms with Crippen LogP contribution >= 0.6 is 0 Å². The predicted molar refractivity (Wildman–Crippen MR) is 137 cm³/mol. The number of hydrogen-bond acceptors (Lipinski definition) is 4. The number of fused-ring (bicyclic) bond motifs is 1. The molecule has 3 aromatic carbocycles. The molecule has 1 aromatic heterocycles. The summed E-state index contributed by atoms with van der Waals surface area (Å²) < 4.78 is 59.5. The van der Waals surface area contributed by atoms with Gasteiger partial charge < -0.3 is 15.4 Å². The van der Waals surface area contributed by atoms with E-state index in [2.05, 4.69) is 15.2 Å². The lowest BCUT2D eigenvalue weighted by Gasteiger charge is -2.26. The number of urea groups is 1. The second-order valence-corrected chi connectivity index (χ2v) is 8.87. The molecule has 1 aliphatic heterocycles. The van der Waals surface area contributed by atoms with Crippen LogP contribution in [-0.4, -0.2) is 42.2 Å². The van der Waals surface area contributed by atoms with Gasteiger partial charge in [-0.1, -0.05) is 42.5 Å². The molecule has 0 spiro atoms. The van der Waals surface area contributed by atoms with Gasteiger partial charge >= 0.3 is 12.2 Å². The van der Waals surface area contributed by atoms with Crippen LogP contribution in [0.1, 0.15) is 11.3 Å². The number of para-hydroxylation sites is 1. The highest BCUT2D eigenvalue weighted by atomic mass is 19.4. The van der Waals surface area contributed by atoms with Gasteiger partial charge in [0, 0.05) is 36.8 Å². The fourth-order valence-electron chi connectivity index (χ4n) is 4.48. The zero-order valence-corrected chi connectivity index (χ0v) is 20.2. The lowest BCUT2D eigenvalue weighted by molar-refractivity contribution is -0.137. The van der Waals surface area contributed by atoms with E-state index in [-0.39, 0.29) is 0 Å². The zero-order chi connectivity index (χ0) is 26.7. The molecule has 196 valence electrons. The molecule has 2 N–H and O–H groups in total. The first-order valence-corrected chi connectivity index (χ1v) is 12.0. The molecule has 6 nitrogen and oxygen atoms in total. The van der Waals surface area contributed by atoms with Gasteiger partial charge in [-0.3, -0.25) is 9.88 Å². The van der Waals surface area contributed by atoms with Gasteiger partial charge in [0.2, 0.25) is 0 Å². The Kier molecular flexibility index (Phi) is 7.26. The molecule has 0 bridgehead atoms. The number of halogens is 4. The van der Waals surface area contributed by atoms with Gasteiger partial charge in [-0.25, -0.2) is 9.18 Å². The summed E-state index contributed by atoms with van der Waals surface area (Å²) in [5, 5.41) is 6.06. The van der Waals surface area contributed by atoms with E-state index in [0.717, 1.165) is 54.0 Å². The SMILES string of the molecule is O=C(Nc1c(F)cccc1C(F)(F)F)Nc1ccc(-c2ccc(CN3CCOCC3)nc2)c2ccccc12. The second-order valence-electron chi connectivity index (χ2n) is 8.87. The number of alkyl halides is 3. The summed E-state index contributed by atoms with van der Waals surface area (Å²) in [6.45, 7) is 3.90. The summed E-state index contributed by atoms with van der Waals surface area (Å²) in [5.74, 6) is -1.18. The van der Waals surface area contributed by atoms with Gasteiger partial charge in [0.25, 0.3) is 0 Å². The van der Waals surface area contributed by atoms with Crippen LogP contribution in [0.2, 0.25) is 0 Å². The van der Waals surface area contributed by atoms with Crippen molar-refractivity contribution in [2.75, 3.05) is 36.9 Å². The molecule has 2 heterocycles. The van der Waals surface area contributed by atoms with Crippen LogP contribution in [-0.2, 0) is 17.5 Å². The van der Waals surface area contributed by atoms with Crippen molar-refractivity contribution in [3.8, 4) is 11.1 Å². The van der Waals surface area contributed by atoms with Gasteiger partial charge in [0.15, 0.2) is 0 Å². The number of aromatic nitrogens is 1. The average molecular weight is 525 g/mol. The third kappa shape index (κ3) is 5.61. The summed E-state index contributed by atoms with van der Waals surface area (Å²) in [6, 6.07) is 16.3. The maximum absolute atomic E-state index is 14.2. The normalized spacial score (nSPS) is 14.4. The lowest BCUT2D eigenvalue weighted by atomic mass is 9.98. The van der Waals surface area contributed by atoms with Crippen molar-refractivity contribution >= 4 is 28.2 Å². The molecule has 0 aliphatic carbocycles. The standard InChI is InChI=1S/C28H24F4N4O2/c29-24-7-3-6-23(28(30,31)32)26(24)35-27(37)34-25-11-10-20(21-4-1-2-5-22(21)25)18-8-9-19(33-16-18)17-36-12-14-38-15-13-36/h1-11,16H,12-15,17H2,(H2,34,35,37). The van der Waals surface area contributed by atoms with E-state index in [1.54, 1.807) is 30.5 Å². The third-order valence-corrected chi connectivity index (χ3v) is 6.35. The molecule has 0 atom stereocenters. The number of rotatable bonds is 5. The average Bonchev–Trinajstić information content (AvgIpc) is 2.90. The second kappa shape index (κ2) is 10.8. The van der Waals surface area contributed by atoms with Crippen LogP contribution in [0.15, 0.2) is 72.9 Å². The molecule has 1 saturated heterocycles. The molecule has 1 aliphatic rings. The largest absolute Gasteiger partial charge is 0.418 e. The molecule has 10 heteroatoms. The number of pyridine rings is 1. The maximum atomic E-state index is 14.2. The highest BCUT2D eigenvalue weighted by Gasteiger charge is 2.35. The van der Waals surface area contributed by atoms with Crippen LogP contribution in [0.25, 0.3) is 21.9 Å². The van der Waals surface area contributed by atoms with Gasteiger partial charge in [0.05, 0.1) is 35.8 Å². The number of carbonyl (C=O) groups is 1. The molecule has 0 saturated carbocycles. The fourth-order valence-corrected chi connectivity index (χ4v) is 4.48. The Bertz CT molecular complexity index is 1450. The van der Waals surface area contributed by atoms with E-state index in [1.165, 1.54) is 0 Å². The van der Waals surface area contributed by atoms with E-state index < -0.39 is 29.3 Å². The van der Waals surface area contributed by atoms with Crippen LogP contribution in [0.3, 0.4) is 0 Å². The number of anilines is 2. The molecule has 38 heavy (non-hydrogen) atoms. The van der Waals surface area contributed by atoms with E-state index >= 15 is 0 Å². The highest BCUT2D eigenvalue weighted by Crippen LogP contribution is 2.37. The molecular formula is C28H24F4N4O2. The number of morpholine rings is 1. The number of amides is 2. The number of benzene rings is 3. The summed E-state index contributed by atoms with van der Waals surface area (Å²) in [4.78, 5) is 19.5. The molecule has 0 unspecified atom stereocenters. The Morgan fingerprint density at radius 2 is 1.68 bits per heavy atom. The van der Waals surface area contributed by atoms with Crippen molar-refractivity contribution in [3.05, 3.63) is 90.0 Å². The Labute approximate surface area is 216 Å². The van der Waals surface area contributed by atoms with E-state index in [4.69, 9.17) is 4.74 Å². The van der Waals surface area contributed by atoms with Gasteiger partial charge in [-0.15, -0.1) is 0 Å². The molecule has 5 rings (SSSR count). The molecule has 2 amide bonds. The van der Waals surface area contributed by atoms with Crippen LogP contribution in [0.5, 0.6) is 0 Å². The minimum absolute atomic E-state index is 0.364. The smallest absolute Gasteiger partial charge is 0.379 e. The Hall–Kier alpha value is -4.02. The van der Waals surface area contributed by atoms with Crippen LogP contribution < -0.4 is 10.6 Å². The van der Waals surface area contributed by atoms with Crippen LogP contribution in [0.4, 0.5) is 33.7 Å². The highest BCUT2D eigenvalue weighted by molar-refractivity contribution is 6.09. The number of nitrogens with one attached hydrogen (secondary N) is 2. The fraction of sp³-hybridized carbons (Fsp3) is 0.214. The number of carbonyl (C=O) groups excluding carboxylic acids is 1. The summed E-state index contributed by atoms with van der Waals surface area (Å²) in [5.41, 5.74) is 0.874. The van der Waals surface area contributed by atoms with Gasteiger partial charge in [-0.05, 0) is 35.2 Å². The first-order chi connectivity index (χ1) is 18.3. The Morgan fingerprint density at radius 3 is 2.39 bits per heavy atom. The summed E-state index contributed by atoms with van der Waals surface area (Å²) in [7, 11) is 0.